The summed E-state index contributed by atoms with van der Waals surface area (Å²) in [5.74, 6) is -1.25. The topological polar surface area (TPSA) is 50.4 Å². The lowest BCUT2D eigenvalue weighted by atomic mass is 10.0. The normalized spacial score (nSPS) is 16.5. The van der Waals surface area contributed by atoms with E-state index in [9.17, 15) is 13.6 Å². The molecule has 1 fully saturated rings. The Kier molecular flexibility index (Phi) is 6.94. The number of ether oxygens (including phenoxy) is 1. The quantitative estimate of drug-likeness (QED) is 0.850. The average Bonchev–Trinajstić information content (AvgIpc) is 2.62. The average molecular weight is 383 g/mol. The molecule has 3 rings (SSSR count). The Hall–Kier alpha value is -2.18. The van der Waals surface area contributed by atoms with Gasteiger partial charge < -0.3 is 15.4 Å². The first kappa shape index (κ1) is 20.1. The standard InChI is InChI=1S/C19H20F2N2O2.ClH/c1-25-14-5-7-15(18(21)10-14)12-4-6-16(17(20)9-12)19(24)23-13-3-2-8-22-11-13;/h4-7,9-10,13,22H,2-3,8,11H2,1H3,(H,23,24);1H/t13-;/m0./s1. The van der Waals surface area contributed by atoms with Crippen LogP contribution in [0.15, 0.2) is 36.4 Å². The first-order chi connectivity index (χ1) is 12.1. The second-order valence-corrected chi connectivity index (χ2v) is 6.06. The zero-order valence-corrected chi connectivity index (χ0v) is 15.2. The molecule has 26 heavy (non-hydrogen) atoms. The molecule has 1 atom stereocenters. The highest BCUT2D eigenvalue weighted by molar-refractivity contribution is 5.95. The van der Waals surface area contributed by atoms with E-state index in [4.69, 9.17) is 4.74 Å². The van der Waals surface area contributed by atoms with Crippen LogP contribution < -0.4 is 15.4 Å². The number of benzene rings is 2. The predicted molar refractivity (Wildman–Crippen MR) is 99.0 cm³/mol. The largest absolute Gasteiger partial charge is 0.497 e. The Bertz CT molecular complexity index is 780. The van der Waals surface area contributed by atoms with Gasteiger partial charge in [0.25, 0.3) is 5.91 Å². The SMILES string of the molecule is COc1ccc(-c2ccc(C(=O)N[C@H]3CCCNC3)c(F)c2)c(F)c1.Cl. The van der Waals surface area contributed by atoms with Gasteiger partial charge in [-0.3, -0.25) is 4.79 Å². The maximum absolute atomic E-state index is 14.4. The van der Waals surface area contributed by atoms with Gasteiger partial charge in [-0.2, -0.15) is 0 Å². The minimum absolute atomic E-state index is 0. The first-order valence-corrected chi connectivity index (χ1v) is 8.23. The summed E-state index contributed by atoms with van der Waals surface area (Å²) in [4.78, 5) is 12.3. The van der Waals surface area contributed by atoms with Crippen molar-refractivity contribution in [2.75, 3.05) is 20.2 Å². The van der Waals surface area contributed by atoms with Crippen LogP contribution in [0.25, 0.3) is 11.1 Å². The Morgan fingerprint density at radius 1 is 1.19 bits per heavy atom. The molecular formula is C19H21ClF2N2O2. The Labute approximate surface area is 157 Å². The second-order valence-electron chi connectivity index (χ2n) is 6.06. The molecule has 0 radical (unpaired) electrons. The van der Waals surface area contributed by atoms with Gasteiger partial charge in [0.15, 0.2) is 0 Å². The molecule has 0 aromatic heterocycles. The Balaban J connectivity index is 0.00000243. The summed E-state index contributed by atoms with van der Waals surface area (Å²) in [5.41, 5.74) is 0.583. The van der Waals surface area contributed by atoms with Crippen molar-refractivity contribution in [1.29, 1.82) is 0 Å². The molecule has 0 bridgehead atoms. The highest BCUT2D eigenvalue weighted by Crippen LogP contribution is 2.27. The number of carbonyl (C=O) groups excluding carboxylic acids is 1. The molecule has 0 spiro atoms. The fraction of sp³-hybridized carbons (Fsp3) is 0.316. The van der Waals surface area contributed by atoms with Crippen LogP contribution in [0.5, 0.6) is 5.75 Å². The van der Waals surface area contributed by atoms with Crippen LogP contribution >= 0.6 is 12.4 Å². The molecule has 1 saturated heterocycles. The van der Waals surface area contributed by atoms with Crippen LogP contribution in [0.4, 0.5) is 8.78 Å². The van der Waals surface area contributed by atoms with Crippen molar-refractivity contribution in [2.45, 2.75) is 18.9 Å². The molecule has 140 valence electrons. The van der Waals surface area contributed by atoms with Crippen LogP contribution in [-0.4, -0.2) is 32.1 Å². The Morgan fingerprint density at radius 2 is 2.00 bits per heavy atom. The lowest BCUT2D eigenvalue weighted by Crippen LogP contribution is -2.45. The smallest absolute Gasteiger partial charge is 0.254 e. The summed E-state index contributed by atoms with van der Waals surface area (Å²) < 4.78 is 33.5. The van der Waals surface area contributed by atoms with E-state index in [0.717, 1.165) is 19.4 Å². The molecule has 7 heteroatoms. The molecule has 2 aromatic carbocycles. The molecule has 4 nitrogen and oxygen atoms in total. The molecule has 1 aliphatic heterocycles. The number of methoxy groups -OCH3 is 1. The Morgan fingerprint density at radius 3 is 2.62 bits per heavy atom. The van der Waals surface area contributed by atoms with Crippen molar-refractivity contribution in [3.63, 3.8) is 0 Å². The summed E-state index contributed by atoms with van der Waals surface area (Å²) in [7, 11) is 1.45. The lowest BCUT2D eigenvalue weighted by Gasteiger charge is -2.23. The number of hydrogen-bond acceptors (Lipinski definition) is 3. The molecule has 1 amide bonds. The highest BCUT2D eigenvalue weighted by atomic mass is 35.5. The number of carbonyl (C=O) groups is 1. The van der Waals surface area contributed by atoms with Gasteiger partial charge in [0.2, 0.25) is 0 Å². The molecule has 2 N–H and O–H groups in total. The van der Waals surface area contributed by atoms with E-state index in [1.807, 2.05) is 0 Å². The zero-order chi connectivity index (χ0) is 17.8. The van der Waals surface area contributed by atoms with Gasteiger partial charge in [0.1, 0.15) is 17.4 Å². The molecule has 0 unspecified atom stereocenters. The zero-order valence-electron chi connectivity index (χ0n) is 14.4. The highest BCUT2D eigenvalue weighted by Gasteiger charge is 2.19. The van der Waals surface area contributed by atoms with Gasteiger partial charge in [-0.05, 0) is 49.2 Å². The van der Waals surface area contributed by atoms with E-state index in [-0.39, 0.29) is 29.6 Å². The van der Waals surface area contributed by atoms with Gasteiger partial charge in [0, 0.05) is 24.2 Å². The molecule has 0 aliphatic carbocycles. The predicted octanol–water partition coefficient (Wildman–Crippen LogP) is 3.54. The second kappa shape index (κ2) is 8.96. The third-order valence-electron chi connectivity index (χ3n) is 4.33. The molecule has 0 saturated carbocycles. The van der Waals surface area contributed by atoms with E-state index in [1.54, 1.807) is 12.1 Å². The van der Waals surface area contributed by atoms with Crippen LogP contribution in [0.2, 0.25) is 0 Å². The summed E-state index contributed by atoms with van der Waals surface area (Å²) in [6, 6.07) is 8.48. The van der Waals surface area contributed by atoms with E-state index in [2.05, 4.69) is 10.6 Å². The van der Waals surface area contributed by atoms with Crippen LogP contribution in [-0.2, 0) is 0 Å². The summed E-state index contributed by atoms with van der Waals surface area (Å²) in [6.45, 7) is 1.62. The number of piperidine rings is 1. The number of hydrogen-bond donors (Lipinski definition) is 2. The molecular weight excluding hydrogens is 362 g/mol. The molecule has 1 heterocycles. The van der Waals surface area contributed by atoms with Crippen molar-refractivity contribution >= 4 is 18.3 Å². The van der Waals surface area contributed by atoms with E-state index >= 15 is 0 Å². The van der Waals surface area contributed by atoms with E-state index in [0.29, 0.717) is 17.9 Å². The van der Waals surface area contributed by atoms with E-state index < -0.39 is 17.5 Å². The summed E-state index contributed by atoms with van der Waals surface area (Å²) in [6.07, 6.45) is 1.85. The van der Waals surface area contributed by atoms with Gasteiger partial charge in [-0.1, -0.05) is 6.07 Å². The van der Waals surface area contributed by atoms with Gasteiger partial charge in [-0.15, -0.1) is 12.4 Å². The number of halogens is 3. The third kappa shape index (κ3) is 4.51. The fourth-order valence-corrected chi connectivity index (χ4v) is 2.96. The number of nitrogens with one attached hydrogen (secondary N) is 2. The van der Waals surface area contributed by atoms with Crippen molar-refractivity contribution in [3.8, 4) is 16.9 Å². The molecule has 2 aromatic rings. The van der Waals surface area contributed by atoms with Crippen molar-refractivity contribution < 1.29 is 18.3 Å². The molecule has 1 aliphatic rings. The van der Waals surface area contributed by atoms with Gasteiger partial charge in [-0.25, -0.2) is 8.78 Å². The fourth-order valence-electron chi connectivity index (χ4n) is 2.96. The maximum Gasteiger partial charge on any atom is 0.254 e. The van der Waals surface area contributed by atoms with Crippen molar-refractivity contribution in [2.24, 2.45) is 0 Å². The van der Waals surface area contributed by atoms with Crippen molar-refractivity contribution in [1.82, 2.24) is 10.6 Å². The monoisotopic (exact) mass is 382 g/mol. The van der Waals surface area contributed by atoms with Gasteiger partial charge in [0.05, 0.1) is 12.7 Å². The number of amides is 1. The van der Waals surface area contributed by atoms with Crippen molar-refractivity contribution in [3.05, 3.63) is 53.6 Å². The maximum atomic E-state index is 14.4. The van der Waals surface area contributed by atoms with Crippen LogP contribution in [0.1, 0.15) is 23.2 Å². The summed E-state index contributed by atoms with van der Waals surface area (Å²) in [5, 5.41) is 6.02. The third-order valence-corrected chi connectivity index (χ3v) is 4.33. The lowest BCUT2D eigenvalue weighted by molar-refractivity contribution is 0.0926. The van der Waals surface area contributed by atoms with Gasteiger partial charge >= 0.3 is 0 Å². The minimum Gasteiger partial charge on any atom is -0.497 e. The number of rotatable bonds is 4. The minimum atomic E-state index is -0.672. The van der Waals surface area contributed by atoms with Crippen LogP contribution in [0.3, 0.4) is 0 Å². The van der Waals surface area contributed by atoms with E-state index in [1.165, 1.54) is 31.4 Å². The summed E-state index contributed by atoms with van der Waals surface area (Å²) >= 11 is 0. The van der Waals surface area contributed by atoms with Crippen LogP contribution in [0, 0.1) is 11.6 Å². The first-order valence-electron chi connectivity index (χ1n) is 8.23.